The number of carbonyl (C=O) groups excluding carboxylic acids is 1. The summed E-state index contributed by atoms with van der Waals surface area (Å²) in [5, 5.41) is 38.2. The van der Waals surface area contributed by atoms with Gasteiger partial charge in [-0.3, -0.25) is 9.97 Å². The second kappa shape index (κ2) is 38.2. The minimum absolute atomic E-state index is 0. The van der Waals surface area contributed by atoms with Crippen molar-refractivity contribution in [3.05, 3.63) is 119 Å². The van der Waals surface area contributed by atoms with Crippen LogP contribution >= 0.6 is 35.2 Å². The molecule has 4 aromatic heterocycles. The maximum Gasteiger partial charge on any atom is 0.479 e. The molecule has 2 aromatic carbocycles. The number of unbranched alkanes of at least 4 members (excludes halogenated alkanes) is 2. The molecule has 5 atom stereocenters. The van der Waals surface area contributed by atoms with E-state index in [0.29, 0.717) is 44.2 Å². The minimum Gasteiger partial charge on any atom is -0.674 e. The molecule has 24 heteroatoms. The Labute approximate surface area is 485 Å². The van der Waals surface area contributed by atoms with Gasteiger partial charge < -0.3 is 60.5 Å². The van der Waals surface area contributed by atoms with Crippen LogP contribution in [0.2, 0.25) is 0 Å². The molecule has 0 saturated heterocycles. The molecule has 0 spiro atoms. The molecule has 0 bridgehead atoms. The summed E-state index contributed by atoms with van der Waals surface area (Å²) in [5.41, 5.74) is 9.39. The number of pyridine rings is 2. The van der Waals surface area contributed by atoms with Crippen LogP contribution < -0.4 is 35.7 Å². The molecular formula is C56H83N10O11PS2. The van der Waals surface area contributed by atoms with E-state index >= 15 is 0 Å². The molecule has 0 fully saturated rings. The lowest BCUT2D eigenvalue weighted by Crippen LogP contribution is -3.12. The number of hydrogen-bond acceptors (Lipinski definition) is 17. The summed E-state index contributed by atoms with van der Waals surface area (Å²) >= 11 is 0. The van der Waals surface area contributed by atoms with Gasteiger partial charge in [-0.05, 0) is 142 Å². The van der Waals surface area contributed by atoms with Crippen molar-refractivity contribution in [3.63, 3.8) is 0 Å². The molecule has 2 aliphatic rings. The number of aliphatic carboxylic acids is 2. The number of carboxylic acid groups (broad SMARTS) is 2. The van der Waals surface area contributed by atoms with Gasteiger partial charge in [0.05, 0.1) is 62.4 Å². The third-order valence-corrected chi connectivity index (χ3v) is 14.3. The normalized spacial score (nSPS) is 14.0. The van der Waals surface area contributed by atoms with Crippen LogP contribution in [0.3, 0.4) is 0 Å². The highest BCUT2D eigenvalue weighted by atomic mass is 32.1. The van der Waals surface area contributed by atoms with Gasteiger partial charge in [0.15, 0.2) is 0 Å². The fourth-order valence-corrected chi connectivity index (χ4v) is 9.91. The summed E-state index contributed by atoms with van der Waals surface area (Å²) in [6.45, 7) is 6.38. The number of methoxy groups -OCH3 is 2. The zero-order chi connectivity index (χ0) is 54.6. The first kappa shape index (κ1) is 68.7. The number of aryl methyl sites for hydroxylation is 6. The van der Waals surface area contributed by atoms with Crippen molar-refractivity contribution in [2.45, 2.75) is 115 Å². The van der Waals surface area contributed by atoms with Crippen molar-refractivity contribution in [1.82, 2.24) is 29.9 Å². The van der Waals surface area contributed by atoms with Crippen molar-refractivity contribution in [1.29, 1.82) is 0 Å². The van der Waals surface area contributed by atoms with Gasteiger partial charge in [-0.2, -0.15) is 27.0 Å². The van der Waals surface area contributed by atoms with Gasteiger partial charge in [0.1, 0.15) is 43.4 Å². The highest BCUT2D eigenvalue weighted by Gasteiger charge is 2.23. The van der Waals surface area contributed by atoms with Crippen LogP contribution in [-0.2, 0) is 66.8 Å². The van der Waals surface area contributed by atoms with Gasteiger partial charge in [-0.25, -0.2) is 29.4 Å². The molecule has 8 rings (SSSR count). The average molecular weight is 1170 g/mol. The van der Waals surface area contributed by atoms with Crippen molar-refractivity contribution in [2.24, 2.45) is 0 Å². The van der Waals surface area contributed by atoms with Crippen LogP contribution in [0.4, 0.5) is 11.6 Å². The summed E-state index contributed by atoms with van der Waals surface area (Å²) in [7, 11) is 0.255. The molecule has 7 N–H and O–H groups in total. The number of aromatic nitrogens is 6. The van der Waals surface area contributed by atoms with E-state index in [1.54, 1.807) is 14.2 Å². The van der Waals surface area contributed by atoms with Crippen molar-refractivity contribution < 1.29 is 65.4 Å². The number of ether oxygens (including phenoxy) is 2. The number of quaternary nitrogens is 2. The third-order valence-electron chi connectivity index (χ3n) is 14.1. The molecule has 440 valence electrons. The maximum atomic E-state index is 12.0. The number of anilines is 2. The highest BCUT2D eigenvalue weighted by Crippen LogP contribution is 2.23. The van der Waals surface area contributed by atoms with Gasteiger partial charge in [-0.1, -0.05) is 36.4 Å². The van der Waals surface area contributed by atoms with Gasteiger partial charge >= 0.3 is 14.2 Å². The number of hydrogen-bond donors (Lipinski definition) is 5. The number of nitrogens with one attached hydrogen (secondary N) is 4. The molecule has 2 aliphatic carbocycles. The standard InChI is InChI=1S/2C28H37N5O3.HO4P.H2O.2H2S.H2/c2*1-36-19-18-33(16-7-6-9-22-14-13-21-8-2-4-11-24(21)31-22)17-15-26(28(34)35)32-27-23-10-3-5-12-25(23)29-20-30-27;1-4-5(2)3;;;;/h2*3,5,10,12-14,20,26H,2,4,6-9,11,15-19H2,1H3,(H,34,35)(H,29,30,32);1H;3*1H2;1H/t2*26-;;;;;/m00...../s1. The number of para-hydroxylation sites is 2. The van der Waals surface area contributed by atoms with Crippen LogP contribution in [0, 0.1) is 0 Å². The third kappa shape index (κ3) is 23.1. The van der Waals surface area contributed by atoms with Gasteiger partial charge in [0.25, 0.3) is 0 Å². The lowest BCUT2D eigenvalue weighted by molar-refractivity contribution is -0.901. The topological polar surface area (TPSA) is 310 Å². The van der Waals surface area contributed by atoms with Crippen molar-refractivity contribution >= 4 is 80.6 Å². The van der Waals surface area contributed by atoms with E-state index in [1.807, 2.05) is 48.5 Å². The second-order valence-corrected chi connectivity index (χ2v) is 20.1. The molecule has 4 heterocycles. The molecule has 0 radical (unpaired) electrons. The number of rotatable bonds is 29. The summed E-state index contributed by atoms with van der Waals surface area (Å²) in [6.07, 6.45) is 19.7. The van der Waals surface area contributed by atoms with Gasteiger partial charge in [0.2, 0.25) is 0 Å². The molecular weight excluding hydrogens is 1080 g/mol. The Kier molecular flexibility index (Phi) is 32.8. The maximum absolute atomic E-state index is 12.0. The van der Waals surface area contributed by atoms with Crippen LogP contribution in [0.5, 0.6) is 0 Å². The van der Waals surface area contributed by atoms with Crippen LogP contribution in [-0.4, -0.2) is 131 Å². The number of benzene rings is 2. The monoisotopic (exact) mass is 1170 g/mol. The quantitative estimate of drug-likeness (QED) is 0.0194. The van der Waals surface area contributed by atoms with Crippen molar-refractivity contribution in [3.8, 4) is 0 Å². The summed E-state index contributed by atoms with van der Waals surface area (Å²) in [5.74, 6) is -0.917. The Morgan fingerprint density at radius 2 is 1.06 bits per heavy atom. The molecule has 80 heavy (non-hydrogen) atoms. The first-order chi connectivity index (χ1) is 37.5. The number of fused-ring (bicyclic) bond motifs is 4. The zero-order valence-electron chi connectivity index (χ0n) is 46.0. The Bertz CT molecular complexity index is 2610. The smallest absolute Gasteiger partial charge is 0.479 e. The summed E-state index contributed by atoms with van der Waals surface area (Å²) < 4.78 is 22.0. The minimum atomic E-state index is -3.15. The number of nitrogens with zero attached hydrogens (tertiary/aromatic N) is 6. The predicted octanol–water partition coefficient (Wildman–Crippen LogP) is 2.03. The predicted molar refractivity (Wildman–Crippen MR) is 313 cm³/mol. The van der Waals surface area contributed by atoms with Gasteiger partial charge in [-0.15, -0.1) is 0 Å². The fraction of sp³-hybridized carbons (Fsp3) is 0.500. The number of carboxylic acids is 2. The van der Waals surface area contributed by atoms with E-state index in [1.165, 1.54) is 88.5 Å². The van der Waals surface area contributed by atoms with E-state index in [2.05, 4.69) is 59.5 Å². The Morgan fingerprint density at radius 1 is 0.637 bits per heavy atom. The average Bonchev–Trinajstić information content (AvgIpc) is 3.47. The van der Waals surface area contributed by atoms with E-state index in [9.17, 15) is 19.8 Å². The lowest BCUT2D eigenvalue weighted by Gasteiger charge is -2.25. The van der Waals surface area contributed by atoms with Gasteiger partial charge in [0, 0.05) is 62.0 Å². The lowest BCUT2D eigenvalue weighted by atomic mass is 9.95. The first-order valence-electron chi connectivity index (χ1n) is 27.0. The second-order valence-electron chi connectivity index (χ2n) is 19.5. The Balaban J connectivity index is 0.000000488. The molecule has 21 nitrogen and oxygen atoms in total. The Hall–Kier alpha value is -5.56. The van der Waals surface area contributed by atoms with Crippen LogP contribution in [0.15, 0.2) is 85.5 Å². The zero-order valence-corrected chi connectivity index (χ0v) is 48.9. The van der Waals surface area contributed by atoms with E-state index in [-0.39, 0.29) is 33.9 Å². The number of carbonyl (C=O) groups is 2. The fourth-order valence-electron chi connectivity index (χ4n) is 9.91. The van der Waals surface area contributed by atoms with Crippen molar-refractivity contribution in [2.75, 3.05) is 77.3 Å². The molecule has 0 amide bonds. The Morgan fingerprint density at radius 3 is 1.49 bits per heavy atom. The van der Waals surface area contributed by atoms with E-state index in [4.69, 9.17) is 34.2 Å². The van der Waals surface area contributed by atoms with Crippen LogP contribution in [0.25, 0.3) is 21.8 Å². The molecule has 0 aliphatic heterocycles. The summed E-state index contributed by atoms with van der Waals surface area (Å²) in [6, 6.07) is 22.5. The van der Waals surface area contributed by atoms with Crippen LogP contribution in [0.1, 0.15) is 99.5 Å². The largest absolute Gasteiger partial charge is 0.674 e. The highest BCUT2D eigenvalue weighted by molar-refractivity contribution is 7.59. The first-order valence-corrected chi connectivity index (χ1v) is 28.1. The van der Waals surface area contributed by atoms with E-state index < -0.39 is 32.3 Å². The molecule has 3 unspecified atom stereocenters. The summed E-state index contributed by atoms with van der Waals surface area (Å²) in [4.78, 5) is 62.4. The van der Waals surface area contributed by atoms with E-state index in [0.717, 1.165) is 112 Å². The molecule has 6 aromatic rings. The SMILES string of the molecule is COCC[NH+](CCCCc1ccc2c(n1)CCCC2)CC[C@H](Nc1ncnc2ccccc12)C(=O)O.COCC[NH+](CCCCc1ccc2c(n1)CCCC2)CC[C@H](Nc1ncnc2ccccc12)C(=O)[O-].O.O=[P+]([O-])O[O-].S.S.[HH]. The molecule has 0 saturated carbocycles.